The number of guanidine groups is 1. The van der Waals surface area contributed by atoms with Crippen LogP contribution >= 0.6 is 0 Å². The van der Waals surface area contributed by atoms with Gasteiger partial charge in [-0.15, -0.1) is 0 Å². The monoisotopic (exact) mass is 384 g/mol. The fraction of sp³-hybridized carbons (Fsp3) is 0.652. The van der Waals surface area contributed by atoms with Gasteiger partial charge in [0.1, 0.15) is 0 Å². The van der Waals surface area contributed by atoms with Gasteiger partial charge in [0.2, 0.25) is 0 Å². The van der Waals surface area contributed by atoms with Crippen LogP contribution in [-0.4, -0.2) is 35.9 Å². The number of hydrogen-bond donors (Lipinski definition) is 2. The maximum atomic E-state index is 13.3. The van der Waals surface area contributed by atoms with E-state index in [0.29, 0.717) is 5.92 Å². The normalized spacial score (nSPS) is 25.8. The van der Waals surface area contributed by atoms with Gasteiger partial charge >= 0.3 is 0 Å². The lowest BCUT2D eigenvalue weighted by molar-refractivity contribution is 0.0550. The number of amides is 1. The quantitative estimate of drug-likeness (QED) is 0.575. The van der Waals surface area contributed by atoms with Gasteiger partial charge in [0, 0.05) is 18.7 Å². The third-order valence-corrected chi connectivity index (χ3v) is 6.58. The van der Waals surface area contributed by atoms with Gasteiger partial charge in [0.05, 0.1) is 6.04 Å². The topological polar surface area (TPSA) is 84.7 Å². The van der Waals surface area contributed by atoms with E-state index in [1.54, 1.807) is 0 Å². The van der Waals surface area contributed by atoms with Gasteiger partial charge in [-0.2, -0.15) is 0 Å². The molecule has 0 aliphatic heterocycles. The Balaban J connectivity index is 1.69. The predicted molar refractivity (Wildman–Crippen MR) is 115 cm³/mol. The van der Waals surface area contributed by atoms with E-state index in [-0.39, 0.29) is 23.3 Å². The maximum Gasteiger partial charge on any atom is 0.253 e. The fourth-order valence-corrected chi connectivity index (χ4v) is 4.92. The number of nitrogens with zero attached hydrogens (tertiary/aromatic N) is 2. The van der Waals surface area contributed by atoms with Crippen LogP contribution in [0.25, 0.3) is 0 Å². The molecule has 0 heterocycles. The molecule has 0 bridgehead atoms. The second-order valence-electron chi connectivity index (χ2n) is 9.15. The second-order valence-corrected chi connectivity index (χ2v) is 9.15. The van der Waals surface area contributed by atoms with Crippen LogP contribution in [0.1, 0.15) is 75.1 Å². The van der Waals surface area contributed by atoms with Crippen molar-refractivity contribution < 1.29 is 4.79 Å². The van der Waals surface area contributed by atoms with Crippen molar-refractivity contribution >= 4 is 11.9 Å². The van der Waals surface area contributed by atoms with Crippen molar-refractivity contribution in [2.45, 2.75) is 70.8 Å². The number of aliphatic imine (C=N–C) groups is 1. The van der Waals surface area contributed by atoms with E-state index in [9.17, 15) is 4.79 Å². The Morgan fingerprint density at radius 2 is 1.71 bits per heavy atom. The number of rotatable bonds is 6. The van der Waals surface area contributed by atoms with Crippen molar-refractivity contribution in [3.05, 3.63) is 35.9 Å². The van der Waals surface area contributed by atoms with Gasteiger partial charge in [-0.3, -0.25) is 9.79 Å². The van der Waals surface area contributed by atoms with E-state index >= 15 is 0 Å². The van der Waals surface area contributed by atoms with E-state index in [1.165, 1.54) is 32.1 Å². The molecule has 0 radical (unpaired) electrons. The smallest absolute Gasteiger partial charge is 0.253 e. The van der Waals surface area contributed by atoms with E-state index in [0.717, 1.165) is 44.3 Å². The highest BCUT2D eigenvalue weighted by molar-refractivity contribution is 5.94. The molecule has 2 fully saturated rings. The Morgan fingerprint density at radius 1 is 1.07 bits per heavy atom. The standard InChI is InChI=1S/C23H36N4O/c1-23(14-12-20(13-15-23)26-22(24)25)17-27(16-18-8-4-2-5-9-18)21(28)19-10-6-3-7-11-19/h3,6-7,10-11,18,20H,2,4-5,8-9,12-17H2,1H3,(H4,24,25,26). The van der Waals surface area contributed by atoms with Crippen LogP contribution < -0.4 is 11.5 Å². The highest BCUT2D eigenvalue weighted by Crippen LogP contribution is 2.38. The fourth-order valence-electron chi connectivity index (χ4n) is 4.92. The summed E-state index contributed by atoms with van der Waals surface area (Å²) in [6.45, 7) is 4.04. The molecule has 0 spiro atoms. The van der Waals surface area contributed by atoms with Gasteiger partial charge in [0.15, 0.2) is 5.96 Å². The lowest BCUT2D eigenvalue weighted by Gasteiger charge is -2.41. The van der Waals surface area contributed by atoms with Crippen LogP contribution in [0.15, 0.2) is 35.3 Å². The summed E-state index contributed by atoms with van der Waals surface area (Å²) in [7, 11) is 0. The zero-order valence-corrected chi connectivity index (χ0v) is 17.3. The highest BCUT2D eigenvalue weighted by atomic mass is 16.2. The average molecular weight is 385 g/mol. The van der Waals surface area contributed by atoms with Crippen LogP contribution in [0.4, 0.5) is 0 Å². The summed E-state index contributed by atoms with van der Waals surface area (Å²) in [6, 6.07) is 9.98. The van der Waals surface area contributed by atoms with Crippen LogP contribution in [0, 0.1) is 11.3 Å². The predicted octanol–water partition coefficient (Wildman–Crippen LogP) is 3.93. The van der Waals surface area contributed by atoms with Crippen molar-refractivity contribution in [1.82, 2.24) is 4.90 Å². The largest absolute Gasteiger partial charge is 0.370 e. The van der Waals surface area contributed by atoms with Gasteiger partial charge in [-0.1, -0.05) is 44.4 Å². The minimum absolute atomic E-state index is 0.133. The summed E-state index contributed by atoms with van der Waals surface area (Å²) in [5.74, 6) is 1.01. The Kier molecular flexibility index (Phi) is 6.97. The summed E-state index contributed by atoms with van der Waals surface area (Å²) >= 11 is 0. The first-order valence-corrected chi connectivity index (χ1v) is 10.9. The van der Waals surface area contributed by atoms with E-state index in [2.05, 4.69) is 16.8 Å². The van der Waals surface area contributed by atoms with Gasteiger partial charge in [-0.25, -0.2) is 0 Å². The molecule has 0 unspecified atom stereocenters. The molecule has 5 nitrogen and oxygen atoms in total. The van der Waals surface area contributed by atoms with Gasteiger partial charge < -0.3 is 16.4 Å². The molecule has 154 valence electrons. The van der Waals surface area contributed by atoms with Crippen molar-refractivity contribution in [2.75, 3.05) is 13.1 Å². The third-order valence-electron chi connectivity index (χ3n) is 6.58. The number of hydrogen-bond acceptors (Lipinski definition) is 2. The molecule has 4 N–H and O–H groups in total. The Morgan fingerprint density at radius 3 is 2.32 bits per heavy atom. The Labute approximate surface area is 169 Å². The highest BCUT2D eigenvalue weighted by Gasteiger charge is 2.35. The number of benzene rings is 1. The zero-order chi connectivity index (χ0) is 20.0. The van der Waals surface area contributed by atoms with Crippen molar-refractivity contribution in [2.24, 2.45) is 27.8 Å². The molecule has 0 saturated heterocycles. The Hall–Kier alpha value is -2.04. The second kappa shape index (κ2) is 9.44. The van der Waals surface area contributed by atoms with Crippen LogP contribution in [0.2, 0.25) is 0 Å². The first-order valence-electron chi connectivity index (χ1n) is 10.9. The minimum Gasteiger partial charge on any atom is -0.370 e. The molecule has 2 saturated carbocycles. The van der Waals surface area contributed by atoms with Crippen molar-refractivity contribution in [1.29, 1.82) is 0 Å². The maximum absolute atomic E-state index is 13.3. The molecule has 5 heteroatoms. The van der Waals surface area contributed by atoms with Crippen LogP contribution in [0.5, 0.6) is 0 Å². The SMILES string of the molecule is CC1(CN(CC2CCCCC2)C(=O)c2ccccc2)CCC(N=C(N)N)CC1. The molecular weight excluding hydrogens is 348 g/mol. The first kappa shape index (κ1) is 20.7. The van der Waals surface area contributed by atoms with Crippen LogP contribution in [0.3, 0.4) is 0 Å². The molecule has 1 aromatic rings. The summed E-state index contributed by atoms with van der Waals surface area (Å²) in [4.78, 5) is 19.8. The zero-order valence-electron chi connectivity index (χ0n) is 17.3. The molecular formula is C23H36N4O. The first-order chi connectivity index (χ1) is 13.5. The van der Waals surface area contributed by atoms with Gasteiger partial charge in [-0.05, 0) is 62.0 Å². The molecule has 0 aromatic heterocycles. The van der Waals surface area contributed by atoms with Crippen molar-refractivity contribution in [3.63, 3.8) is 0 Å². The summed E-state index contributed by atoms with van der Waals surface area (Å²) in [5, 5.41) is 0. The van der Waals surface area contributed by atoms with Crippen LogP contribution in [-0.2, 0) is 0 Å². The molecule has 28 heavy (non-hydrogen) atoms. The number of nitrogens with two attached hydrogens (primary N) is 2. The lowest BCUT2D eigenvalue weighted by atomic mass is 9.73. The summed E-state index contributed by atoms with van der Waals surface area (Å²) in [6.07, 6.45) is 10.5. The number of carbonyl (C=O) groups excluding carboxylic acids is 1. The Bertz CT molecular complexity index is 654. The molecule has 2 aliphatic rings. The van der Waals surface area contributed by atoms with E-state index in [1.807, 2.05) is 30.3 Å². The van der Waals surface area contributed by atoms with Crippen molar-refractivity contribution in [3.8, 4) is 0 Å². The van der Waals surface area contributed by atoms with E-state index in [4.69, 9.17) is 11.5 Å². The molecule has 0 atom stereocenters. The van der Waals surface area contributed by atoms with E-state index < -0.39 is 0 Å². The molecule has 3 rings (SSSR count). The molecule has 2 aliphatic carbocycles. The average Bonchev–Trinajstić information content (AvgIpc) is 2.70. The molecule has 1 amide bonds. The lowest BCUT2D eigenvalue weighted by Crippen LogP contribution is -2.44. The summed E-state index contributed by atoms with van der Waals surface area (Å²) < 4.78 is 0. The molecule has 1 aromatic carbocycles. The summed E-state index contributed by atoms with van der Waals surface area (Å²) in [5.41, 5.74) is 12.0. The third kappa shape index (κ3) is 5.73. The van der Waals surface area contributed by atoms with Gasteiger partial charge in [0.25, 0.3) is 5.91 Å². The number of carbonyl (C=O) groups is 1. The minimum atomic E-state index is 0.133.